The van der Waals surface area contributed by atoms with Crippen molar-refractivity contribution in [2.24, 2.45) is 0 Å². The van der Waals surface area contributed by atoms with E-state index in [2.05, 4.69) is 5.32 Å². The minimum Gasteiger partial charge on any atom is -0.465 e. The van der Waals surface area contributed by atoms with Gasteiger partial charge in [0.05, 0.1) is 13.2 Å². The number of ether oxygens (including phenoxy) is 1. The molecular weight excluding hydrogens is 197 g/mol. The first-order chi connectivity index (χ1) is 7.24. The standard InChI is InChI=1S/C11H14FNO2/c1-2-15-11(14)8-13-7-9-5-3-4-6-10(9)12/h3-6,13H,2,7-8H2,1H3. The first-order valence-corrected chi connectivity index (χ1v) is 4.83. The first kappa shape index (κ1) is 11.7. The minimum absolute atomic E-state index is 0.0994. The van der Waals surface area contributed by atoms with Gasteiger partial charge in [-0.1, -0.05) is 18.2 Å². The molecule has 0 fully saturated rings. The van der Waals surface area contributed by atoms with Crippen molar-refractivity contribution in [3.63, 3.8) is 0 Å². The van der Waals surface area contributed by atoms with E-state index in [1.54, 1.807) is 25.1 Å². The van der Waals surface area contributed by atoms with E-state index in [0.29, 0.717) is 18.7 Å². The van der Waals surface area contributed by atoms with E-state index in [0.717, 1.165) is 0 Å². The Balaban J connectivity index is 2.32. The molecule has 0 amide bonds. The molecule has 0 aliphatic rings. The van der Waals surface area contributed by atoms with Crippen LogP contribution in [0, 0.1) is 5.82 Å². The van der Waals surface area contributed by atoms with E-state index in [4.69, 9.17) is 4.74 Å². The number of carbonyl (C=O) groups is 1. The monoisotopic (exact) mass is 211 g/mol. The molecule has 1 rings (SSSR count). The Morgan fingerprint density at radius 2 is 2.20 bits per heavy atom. The second-order valence-corrected chi connectivity index (χ2v) is 3.00. The van der Waals surface area contributed by atoms with Crippen LogP contribution in [-0.2, 0) is 16.1 Å². The molecular formula is C11H14FNO2. The number of rotatable bonds is 5. The lowest BCUT2D eigenvalue weighted by atomic mass is 10.2. The second kappa shape index (κ2) is 6.14. The van der Waals surface area contributed by atoms with Crippen LogP contribution in [0.5, 0.6) is 0 Å². The Bertz CT molecular complexity index is 328. The van der Waals surface area contributed by atoms with Gasteiger partial charge in [-0.3, -0.25) is 4.79 Å². The van der Waals surface area contributed by atoms with Gasteiger partial charge in [-0.25, -0.2) is 4.39 Å². The number of nitrogens with one attached hydrogen (secondary N) is 1. The molecule has 0 radical (unpaired) electrons. The van der Waals surface area contributed by atoms with Gasteiger partial charge in [0, 0.05) is 12.1 Å². The number of benzene rings is 1. The molecule has 0 aliphatic heterocycles. The van der Waals surface area contributed by atoms with Crippen LogP contribution >= 0.6 is 0 Å². The lowest BCUT2D eigenvalue weighted by Crippen LogP contribution is -2.24. The number of carbonyl (C=O) groups excluding carboxylic acids is 1. The maximum atomic E-state index is 13.1. The molecule has 0 unspecified atom stereocenters. The van der Waals surface area contributed by atoms with Crippen LogP contribution in [0.4, 0.5) is 4.39 Å². The van der Waals surface area contributed by atoms with Crippen LogP contribution in [0.15, 0.2) is 24.3 Å². The zero-order valence-corrected chi connectivity index (χ0v) is 8.63. The van der Waals surface area contributed by atoms with Gasteiger partial charge >= 0.3 is 5.97 Å². The Morgan fingerprint density at radius 1 is 1.47 bits per heavy atom. The van der Waals surface area contributed by atoms with Gasteiger partial charge in [0.2, 0.25) is 0 Å². The van der Waals surface area contributed by atoms with Crippen molar-refractivity contribution in [2.45, 2.75) is 13.5 Å². The third-order valence-electron chi connectivity index (χ3n) is 1.85. The van der Waals surface area contributed by atoms with E-state index in [1.165, 1.54) is 6.07 Å². The first-order valence-electron chi connectivity index (χ1n) is 4.83. The number of esters is 1. The van der Waals surface area contributed by atoms with Crippen LogP contribution < -0.4 is 5.32 Å². The SMILES string of the molecule is CCOC(=O)CNCc1ccccc1F. The van der Waals surface area contributed by atoms with Crippen molar-refractivity contribution in [3.8, 4) is 0 Å². The molecule has 4 heteroatoms. The predicted octanol–water partition coefficient (Wildman–Crippen LogP) is 1.48. The Labute approximate surface area is 88.2 Å². The van der Waals surface area contributed by atoms with Crippen LogP contribution in [0.3, 0.4) is 0 Å². The zero-order chi connectivity index (χ0) is 11.1. The molecule has 1 aromatic rings. The minimum atomic E-state index is -0.325. The van der Waals surface area contributed by atoms with E-state index in [9.17, 15) is 9.18 Å². The Morgan fingerprint density at radius 3 is 2.87 bits per heavy atom. The zero-order valence-electron chi connectivity index (χ0n) is 8.63. The van der Waals surface area contributed by atoms with Crippen molar-refractivity contribution < 1.29 is 13.9 Å². The van der Waals surface area contributed by atoms with E-state index in [1.807, 2.05) is 0 Å². The normalized spacial score (nSPS) is 10.0. The average Bonchev–Trinajstić information content (AvgIpc) is 2.21. The third kappa shape index (κ3) is 4.08. The molecule has 0 bridgehead atoms. The lowest BCUT2D eigenvalue weighted by molar-refractivity contribution is -0.142. The van der Waals surface area contributed by atoms with Crippen LogP contribution in [-0.4, -0.2) is 19.1 Å². The van der Waals surface area contributed by atoms with Crippen molar-refractivity contribution in [2.75, 3.05) is 13.2 Å². The third-order valence-corrected chi connectivity index (χ3v) is 1.85. The highest BCUT2D eigenvalue weighted by molar-refractivity contribution is 5.71. The van der Waals surface area contributed by atoms with Gasteiger partial charge in [-0.15, -0.1) is 0 Å². The fourth-order valence-corrected chi connectivity index (χ4v) is 1.15. The summed E-state index contributed by atoms with van der Waals surface area (Å²) in [5, 5.41) is 2.81. The molecule has 3 nitrogen and oxygen atoms in total. The fraction of sp³-hybridized carbons (Fsp3) is 0.364. The second-order valence-electron chi connectivity index (χ2n) is 3.00. The van der Waals surface area contributed by atoms with Crippen LogP contribution in [0.25, 0.3) is 0 Å². The molecule has 82 valence electrons. The molecule has 1 N–H and O–H groups in total. The molecule has 0 spiro atoms. The molecule has 0 aromatic heterocycles. The van der Waals surface area contributed by atoms with Crippen molar-refractivity contribution in [3.05, 3.63) is 35.6 Å². The fourth-order valence-electron chi connectivity index (χ4n) is 1.15. The summed E-state index contributed by atoms with van der Waals surface area (Å²) in [6.07, 6.45) is 0. The van der Waals surface area contributed by atoms with Crippen molar-refractivity contribution in [1.82, 2.24) is 5.32 Å². The van der Waals surface area contributed by atoms with Gasteiger partial charge in [0.15, 0.2) is 0 Å². The quantitative estimate of drug-likeness (QED) is 0.750. The highest BCUT2D eigenvalue weighted by Gasteiger charge is 2.03. The maximum absolute atomic E-state index is 13.1. The van der Waals surface area contributed by atoms with Crippen molar-refractivity contribution >= 4 is 5.97 Å². The topological polar surface area (TPSA) is 38.3 Å². The van der Waals surface area contributed by atoms with Crippen molar-refractivity contribution in [1.29, 1.82) is 0 Å². The van der Waals surface area contributed by atoms with Gasteiger partial charge in [-0.2, -0.15) is 0 Å². The number of halogens is 1. The summed E-state index contributed by atoms with van der Waals surface area (Å²) in [7, 11) is 0. The summed E-state index contributed by atoms with van der Waals surface area (Å²) in [5.74, 6) is -0.595. The summed E-state index contributed by atoms with van der Waals surface area (Å²) in [4.78, 5) is 10.9. The summed E-state index contributed by atoms with van der Waals surface area (Å²) >= 11 is 0. The largest absolute Gasteiger partial charge is 0.465 e. The smallest absolute Gasteiger partial charge is 0.319 e. The molecule has 0 saturated heterocycles. The summed E-state index contributed by atoms with van der Waals surface area (Å²) < 4.78 is 17.8. The summed E-state index contributed by atoms with van der Waals surface area (Å²) in [6, 6.07) is 6.45. The van der Waals surface area contributed by atoms with Gasteiger partial charge < -0.3 is 10.1 Å². The lowest BCUT2D eigenvalue weighted by Gasteiger charge is -2.05. The van der Waals surface area contributed by atoms with E-state index in [-0.39, 0.29) is 18.3 Å². The molecule has 1 aromatic carbocycles. The highest BCUT2D eigenvalue weighted by Crippen LogP contribution is 2.04. The maximum Gasteiger partial charge on any atom is 0.319 e. The summed E-state index contributed by atoms with van der Waals surface area (Å²) in [5.41, 5.74) is 0.543. The molecule has 15 heavy (non-hydrogen) atoms. The van der Waals surface area contributed by atoms with Crippen LogP contribution in [0.2, 0.25) is 0 Å². The molecule has 0 saturated carbocycles. The highest BCUT2D eigenvalue weighted by atomic mass is 19.1. The number of hydrogen-bond donors (Lipinski definition) is 1. The Kier molecular flexibility index (Phi) is 4.77. The number of hydrogen-bond acceptors (Lipinski definition) is 3. The predicted molar refractivity (Wildman–Crippen MR) is 54.7 cm³/mol. The molecule has 0 heterocycles. The van der Waals surface area contributed by atoms with E-state index < -0.39 is 0 Å². The van der Waals surface area contributed by atoms with Gasteiger partial charge in [0.1, 0.15) is 5.82 Å². The summed E-state index contributed by atoms with van der Waals surface area (Å²) in [6.45, 7) is 2.53. The molecule has 0 atom stereocenters. The average molecular weight is 211 g/mol. The Hall–Kier alpha value is -1.42. The van der Waals surface area contributed by atoms with Gasteiger partial charge in [0.25, 0.3) is 0 Å². The van der Waals surface area contributed by atoms with Crippen LogP contribution in [0.1, 0.15) is 12.5 Å². The molecule has 0 aliphatic carbocycles. The van der Waals surface area contributed by atoms with Gasteiger partial charge in [-0.05, 0) is 13.0 Å². The van der Waals surface area contributed by atoms with E-state index >= 15 is 0 Å².